The number of hydrogen-bond donors (Lipinski definition) is 0. The van der Waals surface area contributed by atoms with Gasteiger partial charge in [0.1, 0.15) is 0 Å². The summed E-state index contributed by atoms with van der Waals surface area (Å²) in [6, 6.07) is 10.5. The molecule has 0 bridgehead atoms. The quantitative estimate of drug-likeness (QED) is 0.634. The summed E-state index contributed by atoms with van der Waals surface area (Å²) in [6.45, 7) is 4.42. The van der Waals surface area contributed by atoms with Crippen LogP contribution in [-0.4, -0.2) is 35.4 Å². The van der Waals surface area contributed by atoms with E-state index in [4.69, 9.17) is 11.6 Å². The van der Waals surface area contributed by atoms with Crippen LogP contribution >= 0.6 is 11.6 Å². The van der Waals surface area contributed by atoms with Crippen molar-refractivity contribution in [2.75, 3.05) is 13.1 Å². The zero-order chi connectivity index (χ0) is 20.8. The van der Waals surface area contributed by atoms with E-state index in [1.165, 1.54) is 10.6 Å². The maximum atomic E-state index is 13.1. The molecule has 0 radical (unpaired) electrons. The molecule has 0 amide bonds. The lowest BCUT2D eigenvalue weighted by atomic mass is 10.1. The minimum Gasteiger partial charge on any atom is -0.296 e. The maximum absolute atomic E-state index is 13.1. The molecule has 4 rings (SSSR count). The summed E-state index contributed by atoms with van der Waals surface area (Å²) in [4.78, 5) is 17.6. The highest BCUT2D eigenvalue weighted by atomic mass is 35.5. The second-order valence-electron chi connectivity index (χ2n) is 7.50. The van der Waals surface area contributed by atoms with Gasteiger partial charge in [-0.3, -0.25) is 9.36 Å². The molecular weight excluding hydrogens is 410 g/mol. The average Bonchev–Trinajstić information content (AvgIpc) is 2.71. The predicted molar refractivity (Wildman–Crippen MR) is 114 cm³/mol. The Morgan fingerprint density at radius 3 is 2.55 bits per heavy atom. The van der Waals surface area contributed by atoms with Crippen molar-refractivity contribution in [2.45, 2.75) is 37.6 Å². The number of halogens is 1. The zero-order valence-corrected chi connectivity index (χ0v) is 17.9. The summed E-state index contributed by atoms with van der Waals surface area (Å²) in [5.74, 6) is 0. The molecular formula is C21H22ClN3O3S. The number of rotatable bonds is 3. The van der Waals surface area contributed by atoms with Crippen LogP contribution in [-0.2, 0) is 10.0 Å². The Kier molecular flexibility index (Phi) is 5.23. The van der Waals surface area contributed by atoms with E-state index in [9.17, 15) is 13.2 Å². The fourth-order valence-corrected chi connectivity index (χ4v) is 5.88. The van der Waals surface area contributed by atoms with Gasteiger partial charge in [0.2, 0.25) is 10.0 Å². The van der Waals surface area contributed by atoms with Gasteiger partial charge in [0, 0.05) is 19.1 Å². The average molecular weight is 432 g/mol. The van der Waals surface area contributed by atoms with E-state index in [0.717, 1.165) is 11.1 Å². The van der Waals surface area contributed by atoms with E-state index in [1.54, 1.807) is 28.8 Å². The molecule has 2 heterocycles. The third kappa shape index (κ3) is 3.58. The molecule has 3 aromatic rings. The summed E-state index contributed by atoms with van der Waals surface area (Å²) in [5.41, 5.74) is 2.00. The van der Waals surface area contributed by atoms with Crippen LogP contribution in [0.4, 0.5) is 0 Å². The normalized spacial score (nSPS) is 16.4. The molecule has 152 valence electrons. The molecule has 1 aliphatic heterocycles. The second kappa shape index (κ2) is 7.55. The van der Waals surface area contributed by atoms with Crippen LogP contribution in [0.5, 0.6) is 0 Å². The van der Waals surface area contributed by atoms with E-state index in [2.05, 4.69) is 4.98 Å². The largest absolute Gasteiger partial charge is 0.296 e. The van der Waals surface area contributed by atoms with Crippen LogP contribution in [0, 0.1) is 13.8 Å². The number of fused-ring (bicyclic) bond motifs is 1. The van der Waals surface area contributed by atoms with Gasteiger partial charge in [0.05, 0.1) is 27.1 Å². The number of sulfonamides is 1. The van der Waals surface area contributed by atoms with Crippen LogP contribution in [0.25, 0.3) is 10.9 Å². The van der Waals surface area contributed by atoms with E-state index in [0.29, 0.717) is 46.8 Å². The van der Waals surface area contributed by atoms with E-state index in [1.807, 2.05) is 26.0 Å². The van der Waals surface area contributed by atoms with Crippen molar-refractivity contribution in [1.29, 1.82) is 0 Å². The van der Waals surface area contributed by atoms with Gasteiger partial charge < -0.3 is 0 Å². The van der Waals surface area contributed by atoms with Crippen LogP contribution in [0.2, 0.25) is 5.02 Å². The third-order valence-corrected chi connectivity index (χ3v) is 7.89. The van der Waals surface area contributed by atoms with Crippen molar-refractivity contribution in [3.05, 3.63) is 69.2 Å². The number of piperidine rings is 1. The molecule has 0 atom stereocenters. The Balaban J connectivity index is 1.59. The SMILES string of the molecule is Cc1ccc(C)c(S(=O)(=O)N2CCC(n3cnc4c(Cl)cccc4c3=O)CC2)c1. The molecule has 2 aromatic carbocycles. The van der Waals surface area contributed by atoms with Gasteiger partial charge >= 0.3 is 0 Å². The molecule has 0 N–H and O–H groups in total. The van der Waals surface area contributed by atoms with Gasteiger partial charge in [-0.1, -0.05) is 29.8 Å². The molecule has 1 aromatic heterocycles. The van der Waals surface area contributed by atoms with Crippen LogP contribution < -0.4 is 5.56 Å². The highest BCUT2D eigenvalue weighted by molar-refractivity contribution is 7.89. The van der Waals surface area contributed by atoms with Gasteiger partial charge in [0.25, 0.3) is 5.56 Å². The molecule has 1 saturated heterocycles. The Bertz CT molecular complexity index is 1250. The first-order valence-corrected chi connectivity index (χ1v) is 11.3. The van der Waals surface area contributed by atoms with Crippen LogP contribution in [0.1, 0.15) is 30.0 Å². The molecule has 0 unspecified atom stereocenters. The van der Waals surface area contributed by atoms with Gasteiger partial charge in [-0.2, -0.15) is 4.31 Å². The highest BCUT2D eigenvalue weighted by Crippen LogP contribution is 2.28. The molecule has 29 heavy (non-hydrogen) atoms. The van der Waals surface area contributed by atoms with Crippen LogP contribution in [0.3, 0.4) is 0 Å². The fraction of sp³-hybridized carbons (Fsp3) is 0.333. The topological polar surface area (TPSA) is 72.3 Å². The predicted octanol–water partition coefficient (Wildman–Crippen LogP) is 3.69. The van der Waals surface area contributed by atoms with Gasteiger partial charge in [0.15, 0.2) is 0 Å². The maximum Gasteiger partial charge on any atom is 0.261 e. The first-order valence-electron chi connectivity index (χ1n) is 9.52. The Hall–Kier alpha value is -2.22. The summed E-state index contributed by atoms with van der Waals surface area (Å²) < 4.78 is 29.4. The Labute approximate surface area is 174 Å². The Morgan fingerprint density at radius 2 is 1.83 bits per heavy atom. The number of benzene rings is 2. The second-order valence-corrected chi connectivity index (χ2v) is 9.81. The number of aryl methyl sites for hydroxylation is 2. The summed E-state index contributed by atoms with van der Waals surface area (Å²) in [7, 11) is -3.56. The monoisotopic (exact) mass is 431 g/mol. The van der Waals surface area contributed by atoms with Crippen molar-refractivity contribution >= 4 is 32.5 Å². The molecule has 0 saturated carbocycles. The van der Waals surface area contributed by atoms with Crippen molar-refractivity contribution in [3.63, 3.8) is 0 Å². The highest BCUT2D eigenvalue weighted by Gasteiger charge is 2.31. The zero-order valence-electron chi connectivity index (χ0n) is 16.3. The number of aromatic nitrogens is 2. The fourth-order valence-electron chi connectivity index (χ4n) is 3.88. The summed E-state index contributed by atoms with van der Waals surface area (Å²) >= 11 is 6.13. The van der Waals surface area contributed by atoms with E-state index >= 15 is 0 Å². The standard InChI is InChI=1S/C21H22ClN3O3S/c1-14-6-7-15(2)19(12-14)29(27,28)24-10-8-16(9-11-24)25-13-23-20-17(21(25)26)4-3-5-18(20)22/h3-7,12-13,16H,8-11H2,1-2H3. The smallest absolute Gasteiger partial charge is 0.261 e. The van der Waals surface area contributed by atoms with Crippen molar-refractivity contribution in [1.82, 2.24) is 13.9 Å². The number of para-hydroxylation sites is 1. The third-order valence-electron chi connectivity index (χ3n) is 5.54. The minimum absolute atomic E-state index is 0.0940. The lowest BCUT2D eigenvalue weighted by Gasteiger charge is -2.32. The molecule has 6 nitrogen and oxygen atoms in total. The van der Waals surface area contributed by atoms with Crippen LogP contribution in [0.15, 0.2) is 52.4 Å². The van der Waals surface area contributed by atoms with Gasteiger partial charge in [-0.05, 0) is 56.0 Å². The van der Waals surface area contributed by atoms with Crippen molar-refractivity contribution < 1.29 is 8.42 Å². The summed E-state index contributed by atoms with van der Waals surface area (Å²) in [5, 5.41) is 0.923. The molecule has 8 heteroatoms. The summed E-state index contributed by atoms with van der Waals surface area (Å²) in [6.07, 6.45) is 2.63. The molecule has 0 aliphatic carbocycles. The van der Waals surface area contributed by atoms with Gasteiger partial charge in [-0.15, -0.1) is 0 Å². The van der Waals surface area contributed by atoms with Crippen molar-refractivity contribution in [3.8, 4) is 0 Å². The van der Waals surface area contributed by atoms with E-state index < -0.39 is 10.0 Å². The Morgan fingerprint density at radius 1 is 1.10 bits per heavy atom. The molecule has 1 aliphatic rings. The lowest BCUT2D eigenvalue weighted by molar-refractivity contribution is 0.269. The minimum atomic E-state index is -3.56. The first kappa shape index (κ1) is 20.1. The van der Waals surface area contributed by atoms with Crippen molar-refractivity contribution in [2.24, 2.45) is 0 Å². The lowest BCUT2D eigenvalue weighted by Crippen LogP contribution is -2.41. The number of nitrogens with zero attached hydrogens (tertiary/aromatic N) is 3. The number of hydrogen-bond acceptors (Lipinski definition) is 4. The van der Waals surface area contributed by atoms with E-state index in [-0.39, 0.29) is 11.6 Å². The molecule has 1 fully saturated rings. The van der Waals surface area contributed by atoms with Gasteiger partial charge in [-0.25, -0.2) is 13.4 Å². The molecule has 0 spiro atoms. The first-order chi connectivity index (χ1) is 13.8.